The van der Waals surface area contributed by atoms with E-state index in [0.717, 1.165) is 10.4 Å². The fourth-order valence-electron chi connectivity index (χ4n) is 3.57. The van der Waals surface area contributed by atoms with Crippen LogP contribution in [0.5, 0.6) is 5.75 Å². The van der Waals surface area contributed by atoms with E-state index in [1.807, 2.05) is 0 Å². The normalized spacial score (nSPS) is 17.0. The largest absolute Gasteiger partial charge is 0.497 e. The van der Waals surface area contributed by atoms with E-state index in [1.54, 1.807) is 24.3 Å². The van der Waals surface area contributed by atoms with Crippen LogP contribution < -0.4 is 10.3 Å². The number of halogens is 1. The number of benzene rings is 2. The fourth-order valence-corrected chi connectivity index (χ4v) is 5.08. The number of nitrogens with one attached hydrogen (secondary N) is 1. The number of hydrogen-bond donors (Lipinski definition) is 1. The van der Waals surface area contributed by atoms with E-state index >= 15 is 0 Å². The second-order valence-corrected chi connectivity index (χ2v) is 9.28. The van der Waals surface area contributed by atoms with Crippen molar-refractivity contribution in [2.75, 3.05) is 33.5 Å². The molecule has 1 aromatic heterocycles. The first kappa shape index (κ1) is 22.4. The van der Waals surface area contributed by atoms with Crippen LogP contribution in [0.4, 0.5) is 4.39 Å². The third-order valence-electron chi connectivity index (χ3n) is 5.22. The molecule has 8 nitrogen and oxygen atoms in total. The first-order valence-corrected chi connectivity index (χ1v) is 11.5. The Morgan fingerprint density at radius 3 is 2.72 bits per heavy atom. The van der Waals surface area contributed by atoms with Gasteiger partial charge in [0.25, 0.3) is 5.56 Å². The summed E-state index contributed by atoms with van der Waals surface area (Å²) < 4.78 is 58.3. The van der Waals surface area contributed by atoms with Gasteiger partial charge in [0.15, 0.2) is 0 Å². The molecule has 170 valence electrons. The molecule has 1 N–H and O–H groups in total. The quantitative estimate of drug-likeness (QED) is 0.579. The second kappa shape index (κ2) is 9.37. The van der Waals surface area contributed by atoms with Crippen molar-refractivity contribution in [3.8, 4) is 5.75 Å². The van der Waals surface area contributed by atoms with Crippen LogP contribution in [-0.4, -0.2) is 57.3 Å². The lowest BCUT2D eigenvalue weighted by atomic mass is 10.1. The standard InChI is InChI=1S/C22H23FN2O6S/c1-29-17-7-6-15-10-16(22(26)24-20(15)11-17)12-25(13-18-14-30-8-9-31-18)32(27,28)21-5-3-2-4-19(21)23/h2-7,10-11,18H,8-9,12-14H2,1H3,(H,24,26)/t18-/m1/s1. The summed E-state index contributed by atoms with van der Waals surface area (Å²) in [4.78, 5) is 15.0. The van der Waals surface area contributed by atoms with Crippen molar-refractivity contribution in [1.82, 2.24) is 9.29 Å². The number of hydrogen-bond acceptors (Lipinski definition) is 6. The average molecular weight is 462 g/mol. The predicted molar refractivity (Wildman–Crippen MR) is 116 cm³/mol. The van der Waals surface area contributed by atoms with Gasteiger partial charge >= 0.3 is 0 Å². The summed E-state index contributed by atoms with van der Waals surface area (Å²) in [6.07, 6.45) is -0.533. The zero-order chi connectivity index (χ0) is 22.7. The van der Waals surface area contributed by atoms with Crippen LogP contribution in [0.25, 0.3) is 10.9 Å². The molecule has 1 atom stereocenters. The molecule has 1 saturated heterocycles. The van der Waals surface area contributed by atoms with Crippen molar-refractivity contribution in [2.24, 2.45) is 0 Å². The van der Waals surface area contributed by atoms with Crippen molar-refractivity contribution in [3.63, 3.8) is 0 Å². The number of nitrogens with zero attached hydrogens (tertiary/aromatic N) is 1. The molecule has 0 saturated carbocycles. The number of sulfonamides is 1. The predicted octanol–water partition coefficient (Wildman–Crippen LogP) is 2.28. The van der Waals surface area contributed by atoms with E-state index in [2.05, 4.69) is 4.98 Å². The monoisotopic (exact) mass is 462 g/mol. The first-order valence-electron chi connectivity index (χ1n) is 10.0. The van der Waals surface area contributed by atoms with Crippen molar-refractivity contribution in [2.45, 2.75) is 17.5 Å². The van der Waals surface area contributed by atoms with Gasteiger partial charge in [0.1, 0.15) is 16.5 Å². The van der Waals surface area contributed by atoms with Crippen LogP contribution in [0, 0.1) is 5.82 Å². The summed E-state index contributed by atoms with van der Waals surface area (Å²) >= 11 is 0. The van der Waals surface area contributed by atoms with Gasteiger partial charge in [-0.25, -0.2) is 12.8 Å². The third-order valence-corrected chi connectivity index (χ3v) is 7.07. The van der Waals surface area contributed by atoms with Gasteiger partial charge in [0.05, 0.1) is 38.6 Å². The number of rotatable bonds is 7. The molecule has 2 heterocycles. The Labute approximate surface area is 184 Å². The molecule has 3 aromatic rings. The number of pyridine rings is 1. The smallest absolute Gasteiger partial charge is 0.252 e. The number of aromatic nitrogens is 1. The number of methoxy groups -OCH3 is 1. The van der Waals surface area contributed by atoms with Crippen LogP contribution in [0.1, 0.15) is 5.56 Å². The molecule has 10 heteroatoms. The Hall–Kier alpha value is -2.79. The minimum atomic E-state index is -4.26. The lowest BCUT2D eigenvalue weighted by Gasteiger charge is -2.29. The summed E-state index contributed by atoms with van der Waals surface area (Å²) in [6.45, 7) is 0.614. The topological polar surface area (TPSA) is 97.9 Å². The number of H-pyrrole nitrogens is 1. The molecule has 0 bridgehead atoms. The lowest BCUT2D eigenvalue weighted by Crippen LogP contribution is -2.43. The summed E-state index contributed by atoms with van der Waals surface area (Å²) in [7, 11) is -2.74. The molecule has 0 amide bonds. The highest BCUT2D eigenvalue weighted by atomic mass is 32.2. The highest BCUT2D eigenvalue weighted by Gasteiger charge is 2.31. The van der Waals surface area contributed by atoms with Crippen molar-refractivity contribution >= 4 is 20.9 Å². The van der Waals surface area contributed by atoms with Gasteiger partial charge in [0, 0.05) is 24.7 Å². The van der Waals surface area contributed by atoms with E-state index in [4.69, 9.17) is 14.2 Å². The SMILES string of the molecule is COc1ccc2cc(CN(C[C@@H]3COCCO3)S(=O)(=O)c3ccccc3F)c(=O)[nH]c2c1. The molecule has 0 spiro atoms. The van der Waals surface area contributed by atoms with Gasteiger partial charge < -0.3 is 19.2 Å². The van der Waals surface area contributed by atoms with Crippen LogP contribution >= 0.6 is 0 Å². The Balaban J connectivity index is 1.72. The highest BCUT2D eigenvalue weighted by molar-refractivity contribution is 7.89. The lowest BCUT2D eigenvalue weighted by molar-refractivity contribution is -0.0923. The Morgan fingerprint density at radius 1 is 1.19 bits per heavy atom. The maximum absolute atomic E-state index is 14.4. The van der Waals surface area contributed by atoms with Crippen molar-refractivity contribution in [3.05, 3.63) is 70.3 Å². The Morgan fingerprint density at radius 2 is 2.00 bits per heavy atom. The van der Waals surface area contributed by atoms with E-state index in [9.17, 15) is 17.6 Å². The third kappa shape index (κ3) is 4.68. The van der Waals surface area contributed by atoms with Crippen LogP contribution in [0.3, 0.4) is 0 Å². The molecule has 1 fully saturated rings. The van der Waals surface area contributed by atoms with Crippen molar-refractivity contribution in [1.29, 1.82) is 0 Å². The number of fused-ring (bicyclic) bond motifs is 1. The molecule has 2 aromatic carbocycles. The zero-order valence-corrected chi connectivity index (χ0v) is 18.2. The molecule has 0 radical (unpaired) electrons. The molecule has 0 aliphatic carbocycles. The summed E-state index contributed by atoms with van der Waals surface area (Å²) in [5, 5.41) is 0.709. The summed E-state index contributed by atoms with van der Waals surface area (Å²) in [6, 6.07) is 12.0. The van der Waals surface area contributed by atoms with Gasteiger partial charge in [-0.3, -0.25) is 4.79 Å². The molecule has 0 unspecified atom stereocenters. The summed E-state index contributed by atoms with van der Waals surface area (Å²) in [5.41, 5.74) is 0.338. The van der Waals surface area contributed by atoms with Gasteiger partial charge in [-0.2, -0.15) is 4.31 Å². The second-order valence-electron chi connectivity index (χ2n) is 7.37. The maximum Gasteiger partial charge on any atom is 0.252 e. The van der Waals surface area contributed by atoms with Crippen molar-refractivity contribution < 1.29 is 27.0 Å². The minimum absolute atomic E-state index is 0.0866. The highest BCUT2D eigenvalue weighted by Crippen LogP contribution is 2.23. The van der Waals surface area contributed by atoms with Gasteiger partial charge in [0.2, 0.25) is 10.0 Å². The van der Waals surface area contributed by atoms with Crippen LogP contribution in [0.2, 0.25) is 0 Å². The van der Waals surface area contributed by atoms with Gasteiger partial charge in [-0.05, 0) is 35.7 Å². The molecule has 1 aliphatic heterocycles. The minimum Gasteiger partial charge on any atom is -0.497 e. The van der Waals surface area contributed by atoms with Gasteiger partial charge in [-0.1, -0.05) is 12.1 Å². The molecule has 1 aliphatic rings. The first-order chi connectivity index (χ1) is 15.4. The summed E-state index contributed by atoms with van der Waals surface area (Å²) in [5.74, 6) is -0.281. The van der Waals surface area contributed by atoms with Gasteiger partial charge in [-0.15, -0.1) is 0 Å². The van der Waals surface area contributed by atoms with E-state index < -0.39 is 32.4 Å². The van der Waals surface area contributed by atoms with E-state index in [-0.39, 0.29) is 25.3 Å². The van der Waals surface area contributed by atoms with Crippen LogP contribution in [-0.2, 0) is 26.0 Å². The molecular weight excluding hydrogens is 439 g/mol. The average Bonchev–Trinajstić information content (AvgIpc) is 2.79. The maximum atomic E-state index is 14.4. The van der Waals surface area contributed by atoms with E-state index in [1.165, 1.54) is 25.3 Å². The zero-order valence-electron chi connectivity index (χ0n) is 17.4. The molecular formula is C22H23FN2O6S. The fraction of sp³-hybridized carbons (Fsp3) is 0.318. The molecule has 32 heavy (non-hydrogen) atoms. The van der Waals surface area contributed by atoms with E-state index in [0.29, 0.717) is 29.9 Å². The van der Waals surface area contributed by atoms with Crippen LogP contribution in [0.15, 0.2) is 58.2 Å². The molecule has 4 rings (SSSR count). The number of aromatic amines is 1. The Bertz CT molecular complexity index is 1270. The number of ether oxygens (including phenoxy) is 3. The Kier molecular flexibility index (Phi) is 6.56.